The predicted octanol–water partition coefficient (Wildman–Crippen LogP) is 4.11. The van der Waals surface area contributed by atoms with Gasteiger partial charge in [0.25, 0.3) is 0 Å². The van der Waals surface area contributed by atoms with Crippen LogP contribution >= 0.6 is 15.9 Å². The molecule has 4 atom stereocenters. The van der Waals surface area contributed by atoms with E-state index in [1.54, 1.807) is 36.4 Å². The molecule has 2 aromatic rings. The second-order valence-corrected chi connectivity index (χ2v) is 11.4. The lowest BCUT2D eigenvalue weighted by Gasteiger charge is -2.42. The Bertz CT molecular complexity index is 1570. The molecule has 8 nitrogen and oxygen atoms in total. The van der Waals surface area contributed by atoms with Crippen LogP contribution < -0.4 is 4.74 Å². The summed E-state index contributed by atoms with van der Waals surface area (Å²) in [6.07, 6.45) is 4.06. The van der Waals surface area contributed by atoms with E-state index in [9.17, 15) is 29.4 Å². The molecule has 3 aliphatic carbocycles. The minimum absolute atomic E-state index is 0.0851. The number of nitrogens with zero attached hydrogens (tertiary/aromatic N) is 1. The number of allylic oxidation sites excluding steroid dienone is 6. The van der Waals surface area contributed by atoms with Crippen LogP contribution in [0, 0.1) is 17.8 Å². The molecule has 2 amide bonds. The van der Waals surface area contributed by atoms with Gasteiger partial charge in [0, 0.05) is 35.2 Å². The molecule has 1 heterocycles. The smallest absolute Gasteiger partial charge is 0.233 e. The first-order valence-corrected chi connectivity index (χ1v) is 13.9. The number of hydrogen-bond acceptors (Lipinski definition) is 7. The standard InChI is InChI=1S/C31H26BrNO7/c1-40-24-4-2-3-22(35)28(24)27-17-9-10-18-25(19(17)13-20-26(27)23(36)14-21(32)29(20)37)31(39)33(30(18)38)12-11-15-5-7-16(34)8-6-15/h2-9,14,18-19,25,27,34-35H,10-13H2,1H3/t18-,19+,25-,27-/m0/s1. The van der Waals surface area contributed by atoms with Crippen LogP contribution in [0.2, 0.25) is 0 Å². The topological polar surface area (TPSA) is 121 Å². The molecule has 6 rings (SSSR count). The van der Waals surface area contributed by atoms with E-state index < -0.39 is 23.7 Å². The number of phenols is 2. The first-order chi connectivity index (χ1) is 19.2. The van der Waals surface area contributed by atoms with Crippen molar-refractivity contribution in [3.63, 3.8) is 0 Å². The van der Waals surface area contributed by atoms with Crippen LogP contribution in [-0.4, -0.2) is 52.1 Å². The van der Waals surface area contributed by atoms with Gasteiger partial charge in [-0.25, -0.2) is 0 Å². The zero-order valence-electron chi connectivity index (χ0n) is 21.6. The van der Waals surface area contributed by atoms with E-state index in [1.807, 2.05) is 6.08 Å². The van der Waals surface area contributed by atoms with Crippen molar-refractivity contribution in [2.75, 3.05) is 13.7 Å². The number of Topliss-reactive ketones (excluding diaryl/α,β-unsaturated/α-hetero) is 1. The van der Waals surface area contributed by atoms with E-state index in [0.717, 1.165) is 11.1 Å². The fraction of sp³-hybridized carbons (Fsp3) is 0.290. The van der Waals surface area contributed by atoms with E-state index in [-0.39, 0.29) is 57.9 Å². The summed E-state index contributed by atoms with van der Waals surface area (Å²) in [4.78, 5) is 55.4. The molecule has 0 radical (unpaired) electrons. The quantitative estimate of drug-likeness (QED) is 0.300. The molecule has 0 spiro atoms. The fourth-order valence-electron chi connectivity index (χ4n) is 6.73. The number of hydrogen-bond donors (Lipinski definition) is 2. The number of imide groups is 1. The minimum atomic E-state index is -0.798. The maximum atomic E-state index is 13.9. The Morgan fingerprint density at radius 2 is 1.75 bits per heavy atom. The van der Waals surface area contributed by atoms with Crippen molar-refractivity contribution >= 4 is 39.3 Å². The summed E-state index contributed by atoms with van der Waals surface area (Å²) >= 11 is 3.22. The average Bonchev–Trinajstić information content (AvgIpc) is 3.19. The minimum Gasteiger partial charge on any atom is -0.508 e. The molecular weight excluding hydrogens is 578 g/mol. The van der Waals surface area contributed by atoms with E-state index in [0.29, 0.717) is 29.7 Å². The molecule has 0 bridgehead atoms. The van der Waals surface area contributed by atoms with Gasteiger partial charge in [0.05, 0.1) is 23.4 Å². The molecule has 0 aromatic heterocycles. The third kappa shape index (κ3) is 4.02. The van der Waals surface area contributed by atoms with Crippen molar-refractivity contribution in [1.29, 1.82) is 0 Å². The number of methoxy groups -OCH3 is 1. The molecule has 1 saturated heterocycles. The fourth-order valence-corrected chi connectivity index (χ4v) is 7.17. The van der Waals surface area contributed by atoms with Crippen molar-refractivity contribution in [3.05, 3.63) is 86.9 Å². The maximum Gasteiger partial charge on any atom is 0.233 e. The third-order valence-electron chi connectivity index (χ3n) is 8.53. The summed E-state index contributed by atoms with van der Waals surface area (Å²) < 4.78 is 5.71. The van der Waals surface area contributed by atoms with E-state index >= 15 is 0 Å². The number of ether oxygens (including phenoxy) is 1. The number of likely N-dealkylation sites (tertiary alicyclic amines) is 1. The molecule has 2 aromatic carbocycles. The highest BCUT2D eigenvalue weighted by Gasteiger charge is 2.56. The monoisotopic (exact) mass is 603 g/mol. The lowest BCUT2D eigenvalue weighted by atomic mass is 9.59. The zero-order valence-corrected chi connectivity index (χ0v) is 23.2. The van der Waals surface area contributed by atoms with Gasteiger partial charge < -0.3 is 14.9 Å². The van der Waals surface area contributed by atoms with Gasteiger partial charge in [-0.1, -0.05) is 29.8 Å². The third-order valence-corrected chi connectivity index (χ3v) is 9.12. The van der Waals surface area contributed by atoms with Gasteiger partial charge in [0.2, 0.25) is 11.8 Å². The van der Waals surface area contributed by atoms with Crippen LogP contribution in [0.1, 0.15) is 29.9 Å². The summed E-state index contributed by atoms with van der Waals surface area (Å²) in [5, 5.41) is 20.5. The lowest BCUT2D eigenvalue weighted by Crippen LogP contribution is -2.40. The van der Waals surface area contributed by atoms with Crippen LogP contribution in [0.3, 0.4) is 0 Å². The second kappa shape index (κ2) is 9.89. The van der Waals surface area contributed by atoms with Gasteiger partial charge in [-0.2, -0.15) is 0 Å². The van der Waals surface area contributed by atoms with Gasteiger partial charge in [-0.05, 0) is 70.9 Å². The molecule has 9 heteroatoms. The van der Waals surface area contributed by atoms with Crippen molar-refractivity contribution in [3.8, 4) is 17.2 Å². The Kier molecular flexibility index (Phi) is 6.49. The van der Waals surface area contributed by atoms with Crippen molar-refractivity contribution in [2.45, 2.75) is 25.2 Å². The Labute approximate surface area is 238 Å². The largest absolute Gasteiger partial charge is 0.508 e. The summed E-state index contributed by atoms with van der Waals surface area (Å²) in [5.41, 5.74) is 2.55. The number of rotatable bonds is 5. The van der Waals surface area contributed by atoms with Gasteiger partial charge in [0.1, 0.15) is 17.2 Å². The predicted molar refractivity (Wildman–Crippen MR) is 148 cm³/mol. The Morgan fingerprint density at radius 3 is 2.48 bits per heavy atom. The van der Waals surface area contributed by atoms with Crippen LogP contribution in [0.5, 0.6) is 17.2 Å². The molecule has 1 aliphatic heterocycles. The van der Waals surface area contributed by atoms with Crippen molar-refractivity contribution in [1.82, 2.24) is 4.90 Å². The first kappa shape index (κ1) is 26.3. The van der Waals surface area contributed by atoms with Crippen LogP contribution in [0.4, 0.5) is 0 Å². The highest BCUT2D eigenvalue weighted by atomic mass is 79.9. The van der Waals surface area contributed by atoms with Gasteiger partial charge >= 0.3 is 0 Å². The zero-order chi connectivity index (χ0) is 28.3. The summed E-state index contributed by atoms with van der Waals surface area (Å²) in [6, 6.07) is 11.5. The number of amides is 2. The van der Waals surface area contributed by atoms with Crippen molar-refractivity contribution in [2.24, 2.45) is 17.8 Å². The maximum absolute atomic E-state index is 13.9. The molecule has 40 heavy (non-hydrogen) atoms. The lowest BCUT2D eigenvalue weighted by molar-refractivity contribution is -0.140. The average molecular weight is 604 g/mol. The van der Waals surface area contributed by atoms with Crippen LogP contribution in [0.15, 0.2) is 75.8 Å². The van der Waals surface area contributed by atoms with E-state index in [4.69, 9.17) is 4.74 Å². The SMILES string of the molecule is COc1cccc(O)c1[C@H]1C2=CC[C@@H]3C(=O)N(CCc4ccc(O)cc4)C(=O)[C@@H]3[C@@H]2CC2=C1C(=O)C=C(Br)C2=O. The molecule has 0 saturated carbocycles. The van der Waals surface area contributed by atoms with E-state index in [1.165, 1.54) is 24.2 Å². The number of aromatic hydroxyl groups is 2. The highest BCUT2D eigenvalue weighted by Crippen LogP contribution is 2.57. The molecule has 4 aliphatic rings. The second-order valence-electron chi connectivity index (χ2n) is 10.5. The Balaban J connectivity index is 1.41. The number of ketones is 2. The summed E-state index contributed by atoms with van der Waals surface area (Å²) in [5.74, 6) is -3.36. The molecule has 0 unspecified atom stereocenters. The summed E-state index contributed by atoms with van der Waals surface area (Å²) in [6.45, 7) is 0.202. The highest BCUT2D eigenvalue weighted by molar-refractivity contribution is 9.12. The van der Waals surface area contributed by atoms with Gasteiger partial charge in [-0.15, -0.1) is 0 Å². The number of benzene rings is 2. The number of phenolic OH excluding ortho intramolecular Hbond substituents is 2. The Morgan fingerprint density at radius 1 is 1.00 bits per heavy atom. The number of carbonyl (C=O) groups is 4. The summed E-state index contributed by atoms with van der Waals surface area (Å²) in [7, 11) is 1.47. The van der Waals surface area contributed by atoms with Crippen LogP contribution in [-0.2, 0) is 25.6 Å². The number of halogens is 1. The van der Waals surface area contributed by atoms with Gasteiger partial charge in [-0.3, -0.25) is 24.1 Å². The molecule has 204 valence electrons. The Hall–Kier alpha value is -3.98. The number of fused-ring (bicyclic) bond motifs is 3. The molecule has 1 fully saturated rings. The van der Waals surface area contributed by atoms with Crippen molar-refractivity contribution < 1.29 is 34.1 Å². The van der Waals surface area contributed by atoms with E-state index in [2.05, 4.69) is 15.9 Å². The molecule has 2 N–H and O–H groups in total. The normalized spacial score (nSPS) is 25.8. The first-order valence-electron chi connectivity index (χ1n) is 13.1. The van der Waals surface area contributed by atoms with Crippen LogP contribution in [0.25, 0.3) is 0 Å². The number of carbonyl (C=O) groups excluding carboxylic acids is 4. The molecular formula is C31H26BrNO7. The van der Waals surface area contributed by atoms with Gasteiger partial charge in [0.15, 0.2) is 11.6 Å².